The maximum atomic E-state index is 12.9. The third-order valence-electron chi connectivity index (χ3n) is 3.92. The van der Waals surface area contributed by atoms with Crippen molar-refractivity contribution in [2.45, 2.75) is 19.0 Å². The van der Waals surface area contributed by atoms with Gasteiger partial charge in [-0.3, -0.25) is 4.79 Å². The Morgan fingerprint density at radius 3 is 2.70 bits per heavy atom. The van der Waals surface area contributed by atoms with Crippen molar-refractivity contribution in [3.63, 3.8) is 0 Å². The standard InChI is InChI=1S/C16H15F3N2OS/c17-16(18,19)12-7-4-8-21(9-12)15(22)13-10-23-14(20-13)11-5-2-1-3-6-11/h1-3,5-6,10,12H,4,7-9H2. The summed E-state index contributed by atoms with van der Waals surface area (Å²) in [6, 6.07) is 9.39. The topological polar surface area (TPSA) is 33.2 Å². The quantitative estimate of drug-likeness (QED) is 0.820. The van der Waals surface area contributed by atoms with E-state index in [2.05, 4.69) is 4.98 Å². The van der Waals surface area contributed by atoms with E-state index in [1.165, 1.54) is 16.2 Å². The lowest BCUT2D eigenvalue weighted by Crippen LogP contribution is -2.44. The van der Waals surface area contributed by atoms with E-state index in [0.717, 1.165) is 5.56 Å². The van der Waals surface area contributed by atoms with E-state index in [-0.39, 0.29) is 18.7 Å². The molecule has 1 aromatic carbocycles. The van der Waals surface area contributed by atoms with Gasteiger partial charge in [0.2, 0.25) is 0 Å². The number of carbonyl (C=O) groups excluding carboxylic acids is 1. The van der Waals surface area contributed by atoms with Crippen LogP contribution < -0.4 is 0 Å². The van der Waals surface area contributed by atoms with Crippen LogP contribution in [0.5, 0.6) is 0 Å². The number of carbonyl (C=O) groups is 1. The minimum atomic E-state index is -4.25. The van der Waals surface area contributed by atoms with Gasteiger partial charge >= 0.3 is 6.18 Å². The summed E-state index contributed by atoms with van der Waals surface area (Å²) in [6.07, 6.45) is -3.80. The first kappa shape index (κ1) is 16.0. The summed E-state index contributed by atoms with van der Waals surface area (Å²) < 4.78 is 38.6. The maximum Gasteiger partial charge on any atom is 0.393 e. The monoisotopic (exact) mass is 340 g/mol. The Bertz CT molecular complexity index is 684. The molecule has 1 aliphatic rings. The van der Waals surface area contributed by atoms with E-state index in [9.17, 15) is 18.0 Å². The van der Waals surface area contributed by atoms with Crippen molar-refractivity contribution in [1.29, 1.82) is 0 Å². The molecule has 1 aliphatic heterocycles. The van der Waals surface area contributed by atoms with E-state index >= 15 is 0 Å². The van der Waals surface area contributed by atoms with Crippen molar-refractivity contribution in [3.8, 4) is 10.6 Å². The van der Waals surface area contributed by atoms with Gasteiger partial charge in [0, 0.05) is 24.0 Å². The van der Waals surface area contributed by atoms with E-state index < -0.39 is 18.0 Å². The van der Waals surface area contributed by atoms with Crippen LogP contribution in [-0.2, 0) is 0 Å². The fraction of sp³-hybridized carbons (Fsp3) is 0.375. The van der Waals surface area contributed by atoms with Gasteiger partial charge in [0.25, 0.3) is 5.91 Å². The van der Waals surface area contributed by atoms with Crippen LogP contribution in [0.25, 0.3) is 10.6 Å². The van der Waals surface area contributed by atoms with E-state index in [1.807, 2.05) is 30.3 Å². The number of aromatic nitrogens is 1. The minimum absolute atomic E-state index is 0.0829. The molecule has 2 aromatic rings. The number of piperidine rings is 1. The van der Waals surface area contributed by atoms with Crippen molar-refractivity contribution in [3.05, 3.63) is 41.4 Å². The molecule has 1 fully saturated rings. The Morgan fingerprint density at radius 1 is 1.26 bits per heavy atom. The van der Waals surface area contributed by atoms with Crippen molar-refractivity contribution in [2.24, 2.45) is 5.92 Å². The largest absolute Gasteiger partial charge is 0.393 e. The molecule has 122 valence electrons. The summed E-state index contributed by atoms with van der Waals surface area (Å²) in [5.41, 5.74) is 1.11. The smallest absolute Gasteiger partial charge is 0.337 e. The molecule has 1 atom stereocenters. The molecule has 0 aliphatic carbocycles. The highest BCUT2D eigenvalue weighted by atomic mass is 32.1. The summed E-state index contributed by atoms with van der Waals surface area (Å²) in [6.45, 7) is 0.0736. The lowest BCUT2D eigenvalue weighted by Gasteiger charge is -2.33. The van der Waals surface area contributed by atoms with Crippen LogP contribution in [0, 0.1) is 5.92 Å². The van der Waals surface area contributed by atoms with Crippen LogP contribution in [0.2, 0.25) is 0 Å². The molecule has 7 heteroatoms. The second-order valence-corrected chi connectivity index (χ2v) is 6.39. The molecule has 2 heterocycles. The molecule has 3 nitrogen and oxygen atoms in total. The molecule has 1 aromatic heterocycles. The normalized spacial score (nSPS) is 18.9. The number of hydrogen-bond donors (Lipinski definition) is 0. The Hall–Kier alpha value is -1.89. The molecule has 0 radical (unpaired) electrons. The summed E-state index contributed by atoms with van der Waals surface area (Å²) in [5.74, 6) is -1.86. The fourth-order valence-corrected chi connectivity index (χ4v) is 3.48. The highest BCUT2D eigenvalue weighted by Gasteiger charge is 2.42. The number of rotatable bonds is 2. The zero-order valence-electron chi connectivity index (χ0n) is 12.2. The summed E-state index contributed by atoms with van der Waals surface area (Å²) in [7, 11) is 0. The Labute approximate surface area is 135 Å². The van der Waals surface area contributed by atoms with Gasteiger partial charge in [-0.05, 0) is 12.8 Å². The summed E-state index contributed by atoms with van der Waals surface area (Å²) in [4.78, 5) is 18.0. The molecule has 1 unspecified atom stereocenters. The second kappa shape index (κ2) is 6.31. The van der Waals surface area contributed by atoms with E-state index in [0.29, 0.717) is 18.0 Å². The van der Waals surface area contributed by atoms with E-state index in [4.69, 9.17) is 0 Å². The fourth-order valence-electron chi connectivity index (χ4n) is 2.68. The van der Waals surface area contributed by atoms with Gasteiger partial charge in [-0.2, -0.15) is 13.2 Å². The Morgan fingerprint density at radius 2 is 2.00 bits per heavy atom. The zero-order valence-corrected chi connectivity index (χ0v) is 13.0. The second-order valence-electron chi connectivity index (χ2n) is 5.54. The third kappa shape index (κ3) is 3.55. The van der Waals surface area contributed by atoms with Gasteiger partial charge in [0.05, 0.1) is 5.92 Å². The van der Waals surface area contributed by atoms with Crippen molar-refractivity contribution in [2.75, 3.05) is 13.1 Å². The SMILES string of the molecule is O=C(c1csc(-c2ccccc2)n1)N1CCCC(C(F)(F)F)C1. The highest BCUT2D eigenvalue weighted by molar-refractivity contribution is 7.13. The first-order valence-corrected chi connectivity index (χ1v) is 8.20. The highest BCUT2D eigenvalue weighted by Crippen LogP contribution is 2.33. The first-order valence-electron chi connectivity index (χ1n) is 7.32. The molecule has 0 bridgehead atoms. The number of halogens is 3. The van der Waals surface area contributed by atoms with Gasteiger partial charge < -0.3 is 4.90 Å². The van der Waals surface area contributed by atoms with Gasteiger partial charge in [-0.1, -0.05) is 30.3 Å². The van der Waals surface area contributed by atoms with Gasteiger partial charge in [-0.15, -0.1) is 11.3 Å². The van der Waals surface area contributed by atoms with Crippen LogP contribution in [0.3, 0.4) is 0 Å². The minimum Gasteiger partial charge on any atom is -0.337 e. The number of alkyl halides is 3. The predicted octanol–water partition coefficient (Wildman–Crippen LogP) is 4.22. The third-order valence-corrected chi connectivity index (χ3v) is 4.81. The van der Waals surface area contributed by atoms with Crippen LogP contribution in [0.15, 0.2) is 35.7 Å². The van der Waals surface area contributed by atoms with Crippen molar-refractivity contribution < 1.29 is 18.0 Å². The van der Waals surface area contributed by atoms with Crippen LogP contribution in [0.4, 0.5) is 13.2 Å². The number of nitrogens with zero attached hydrogens (tertiary/aromatic N) is 2. The van der Waals surface area contributed by atoms with Gasteiger partial charge in [0.15, 0.2) is 0 Å². The molecule has 3 rings (SSSR count). The van der Waals surface area contributed by atoms with E-state index in [1.54, 1.807) is 5.38 Å². The number of likely N-dealkylation sites (tertiary alicyclic amines) is 1. The molecule has 0 N–H and O–H groups in total. The van der Waals surface area contributed by atoms with Gasteiger partial charge in [0.1, 0.15) is 10.7 Å². The zero-order chi connectivity index (χ0) is 16.4. The molecule has 0 spiro atoms. The number of thiazole rings is 1. The summed E-state index contributed by atoms with van der Waals surface area (Å²) in [5, 5.41) is 2.31. The average Bonchev–Trinajstić information content (AvgIpc) is 3.04. The first-order chi connectivity index (χ1) is 10.9. The molecule has 1 amide bonds. The Balaban J connectivity index is 1.75. The lowest BCUT2D eigenvalue weighted by atomic mass is 9.97. The van der Waals surface area contributed by atoms with Gasteiger partial charge in [-0.25, -0.2) is 4.98 Å². The van der Waals surface area contributed by atoms with Crippen LogP contribution >= 0.6 is 11.3 Å². The average molecular weight is 340 g/mol. The molecular formula is C16H15F3N2OS. The van der Waals surface area contributed by atoms with Crippen LogP contribution in [0.1, 0.15) is 23.3 Å². The number of hydrogen-bond acceptors (Lipinski definition) is 3. The van der Waals surface area contributed by atoms with Crippen LogP contribution in [-0.4, -0.2) is 35.1 Å². The maximum absolute atomic E-state index is 12.9. The lowest BCUT2D eigenvalue weighted by molar-refractivity contribution is -0.184. The molecule has 0 saturated carbocycles. The molecule has 1 saturated heterocycles. The van der Waals surface area contributed by atoms with Crippen molar-refractivity contribution in [1.82, 2.24) is 9.88 Å². The summed E-state index contributed by atoms with van der Waals surface area (Å²) >= 11 is 1.32. The van der Waals surface area contributed by atoms with Crippen molar-refractivity contribution >= 4 is 17.2 Å². The predicted molar refractivity (Wildman–Crippen MR) is 82.2 cm³/mol. The molecular weight excluding hydrogens is 325 g/mol. The number of amides is 1. The molecule has 23 heavy (non-hydrogen) atoms. The number of benzene rings is 1. The Kier molecular flexibility index (Phi) is 4.39.